The maximum Gasteiger partial charge on any atom is 0.239 e. The first-order chi connectivity index (χ1) is 12.6. The first-order valence-corrected chi connectivity index (χ1v) is 9.36. The number of nitrogens with zero attached hydrogens (tertiary/aromatic N) is 2. The minimum Gasteiger partial charge on any atom is -0.496 e. The van der Waals surface area contributed by atoms with E-state index in [1.54, 1.807) is 25.5 Å². The monoisotopic (exact) mass is 407 g/mol. The summed E-state index contributed by atoms with van der Waals surface area (Å²) in [5.41, 5.74) is 1.67. The van der Waals surface area contributed by atoms with Gasteiger partial charge in [-0.1, -0.05) is 53.2 Å². The molecule has 2 aromatic carbocycles. The topological polar surface area (TPSA) is 63.1 Å². The molecule has 1 fully saturated rings. The standard InChI is InChI=1S/C18H15Cl2N3O2S/c1-25-15-5-3-2-4-12(15)10-21-23-18-22-17(24)16(26-18)8-11-6-7-13(19)9-14(11)20/h2-7,9-10,16H,8H2,1H3,(H,22,23,24)/b21-10+. The Balaban J connectivity index is 1.67. The number of nitrogens with one attached hydrogen (secondary N) is 1. The smallest absolute Gasteiger partial charge is 0.239 e. The molecule has 1 N–H and O–H groups in total. The molecule has 134 valence electrons. The molecule has 5 nitrogen and oxygen atoms in total. The summed E-state index contributed by atoms with van der Waals surface area (Å²) in [6, 6.07) is 12.7. The van der Waals surface area contributed by atoms with Crippen molar-refractivity contribution in [2.24, 2.45) is 10.2 Å². The predicted molar refractivity (Wildman–Crippen MR) is 108 cm³/mol. The van der Waals surface area contributed by atoms with Crippen LogP contribution in [0.1, 0.15) is 11.1 Å². The van der Waals surface area contributed by atoms with E-state index in [1.165, 1.54) is 11.8 Å². The van der Waals surface area contributed by atoms with Gasteiger partial charge >= 0.3 is 0 Å². The Labute approximate surface area is 165 Å². The van der Waals surface area contributed by atoms with Gasteiger partial charge in [-0.15, -0.1) is 5.10 Å². The van der Waals surface area contributed by atoms with Crippen molar-refractivity contribution in [1.82, 2.24) is 5.32 Å². The zero-order chi connectivity index (χ0) is 18.5. The number of para-hydroxylation sites is 1. The molecule has 1 amide bonds. The van der Waals surface area contributed by atoms with Gasteiger partial charge in [0, 0.05) is 15.6 Å². The molecule has 0 aliphatic carbocycles. The molecule has 0 bridgehead atoms. The third-order valence-corrected chi connectivity index (χ3v) is 5.34. The highest BCUT2D eigenvalue weighted by atomic mass is 35.5. The molecule has 0 radical (unpaired) electrons. The van der Waals surface area contributed by atoms with Crippen molar-refractivity contribution in [3.05, 3.63) is 63.6 Å². The molecule has 1 saturated heterocycles. The lowest BCUT2D eigenvalue weighted by Gasteiger charge is -2.07. The fourth-order valence-corrected chi connectivity index (χ4v) is 3.83. The average molecular weight is 408 g/mol. The van der Waals surface area contributed by atoms with Gasteiger partial charge in [0.05, 0.1) is 18.6 Å². The molecule has 2 aromatic rings. The van der Waals surface area contributed by atoms with Crippen LogP contribution in [0.15, 0.2) is 52.7 Å². The van der Waals surface area contributed by atoms with E-state index in [-0.39, 0.29) is 11.2 Å². The van der Waals surface area contributed by atoms with Crippen LogP contribution in [-0.2, 0) is 11.2 Å². The van der Waals surface area contributed by atoms with Crippen molar-refractivity contribution in [3.8, 4) is 5.75 Å². The average Bonchev–Trinajstić information content (AvgIpc) is 2.97. The number of amides is 1. The lowest BCUT2D eigenvalue weighted by Crippen LogP contribution is -2.26. The summed E-state index contributed by atoms with van der Waals surface area (Å²) in [6.45, 7) is 0. The summed E-state index contributed by atoms with van der Waals surface area (Å²) in [4.78, 5) is 12.1. The third-order valence-electron chi connectivity index (χ3n) is 3.68. The molecule has 0 spiro atoms. The van der Waals surface area contributed by atoms with Crippen LogP contribution < -0.4 is 10.1 Å². The van der Waals surface area contributed by atoms with E-state index in [9.17, 15) is 4.79 Å². The van der Waals surface area contributed by atoms with Crippen LogP contribution in [0.2, 0.25) is 10.0 Å². The molecule has 3 rings (SSSR count). The molecule has 26 heavy (non-hydrogen) atoms. The van der Waals surface area contributed by atoms with Gasteiger partial charge < -0.3 is 10.1 Å². The van der Waals surface area contributed by atoms with Gasteiger partial charge in [-0.3, -0.25) is 4.79 Å². The summed E-state index contributed by atoms with van der Waals surface area (Å²) < 4.78 is 5.25. The van der Waals surface area contributed by atoms with Crippen molar-refractivity contribution in [3.63, 3.8) is 0 Å². The Bertz CT molecular complexity index is 886. The van der Waals surface area contributed by atoms with Crippen molar-refractivity contribution < 1.29 is 9.53 Å². The van der Waals surface area contributed by atoms with Crippen LogP contribution in [0.3, 0.4) is 0 Å². The van der Waals surface area contributed by atoms with E-state index < -0.39 is 0 Å². The van der Waals surface area contributed by atoms with Crippen molar-refractivity contribution in [1.29, 1.82) is 0 Å². The Kier molecular flexibility index (Phi) is 6.19. The van der Waals surface area contributed by atoms with E-state index in [4.69, 9.17) is 27.9 Å². The van der Waals surface area contributed by atoms with Crippen molar-refractivity contribution in [2.45, 2.75) is 11.7 Å². The van der Waals surface area contributed by atoms with Gasteiger partial charge in [0.15, 0.2) is 5.17 Å². The van der Waals surface area contributed by atoms with Gasteiger partial charge in [0.1, 0.15) is 5.75 Å². The Morgan fingerprint density at radius 1 is 1.27 bits per heavy atom. The Morgan fingerprint density at radius 3 is 2.85 bits per heavy atom. The summed E-state index contributed by atoms with van der Waals surface area (Å²) in [6.07, 6.45) is 2.07. The van der Waals surface area contributed by atoms with Gasteiger partial charge in [0.25, 0.3) is 0 Å². The molecule has 1 unspecified atom stereocenters. The molecule has 0 aromatic heterocycles. The zero-order valence-electron chi connectivity index (χ0n) is 13.8. The molecule has 1 heterocycles. The largest absolute Gasteiger partial charge is 0.496 e. The summed E-state index contributed by atoms with van der Waals surface area (Å²) in [5.74, 6) is 0.585. The van der Waals surface area contributed by atoms with Crippen molar-refractivity contribution in [2.75, 3.05) is 7.11 Å². The van der Waals surface area contributed by atoms with Gasteiger partial charge in [-0.25, -0.2) is 0 Å². The fraction of sp³-hybridized carbons (Fsp3) is 0.167. The second-order valence-electron chi connectivity index (χ2n) is 5.43. The fourth-order valence-electron chi connectivity index (χ4n) is 2.39. The van der Waals surface area contributed by atoms with Crippen LogP contribution in [0, 0.1) is 0 Å². The number of carbonyl (C=O) groups excluding carboxylic acids is 1. The van der Waals surface area contributed by atoms with E-state index in [0.717, 1.165) is 11.1 Å². The lowest BCUT2D eigenvalue weighted by molar-refractivity contribution is -0.118. The SMILES string of the molecule is COc1ccccc1/C=N/N=C1\NC(=O)C(Cc2ccc(Cl)cc2Cl)S1. The Morgan fingerprint density at radius 2 is 2.08 bits per heavy atom. The highest BCUT2D eigenvalue weighted by molar-refractivity contribution is 8.15. The number of thioether (sulfide) groups is 1. The maximum atomic E-state index is 12.1. The second-order valence-corrected chi connectivity index (χ2v) is 7.46. The molecular weight excluding hydrogens is 393 g/mol. The number of benzene rings is 2. The summed E-state index contributed by atoms with van der Waals surface area (Å²) >= 11 is 13.4. The molecule has 1 aliphatic heterocycles. The number of ether oxygens (including phenoxy) is 1. The third kappa shape index (κ3) is 4.58. The number of halogens is 2. The van der Waals surface area contributed by atoms with E-state index in [1.807, 2.05) is 30.3 Å². The number of hydrogen-bond donors (Lipinski definition) is 1. The van der Waals surface area contributed by atoms with Gasteiger partial charge in [-0.05, 0) is 36.2 Å². The number of hydrogen-bond acceptors (Lipinski definition) is 5. The zero-order valence-corrected chi connectivity index (χ0v) is 16.1. The highest BCUT2D eigenvalue weighted by Crippen LogP contribution is 2.28. The van der Waals surface area contributed by atoms with Gasteiger partial charge in [-0.2, -0.15) is 5.10 Å². The van der Waals surface area contributed by atoms with Crippen LogP contribution in [0.4, 0.5) is 0 Å². The van der Waals surface area contributed by atoms with E-state index >= 15 is 0 Å². The molecule has 1 aliphatic rings. The minimum atomic E-state index is -0.311. The van der Waals surface area contributed by atoms with Crippen LogP contribution >= 0.6 is 35.0 Å². The number of amidine groups is 1. The number of rotatable bonds is 5. The van der Waals surface area contributed by atoms with Crippen LogP contribution in [0.5, 0.6) is 5.75 Å². The summed E-state index contributed by atoms with van der Waals surface area (Å²) in [7, 11) is 1.60. The first kappa shape index (κ1) is 18.8. The Hall–Kier alpha value is -2.02. The van der Waals surface area contributed by atoms with E-state index in [0.29, 0.717) is 27.4 Å². The van der Waals surface area contributed by atoms with Crippen LogP contribution in [0.25, 0.3) is 0 Å². The summed E-state index contributed by atoms with van der Waals surface area (Å²) in [5, 5.41) is 12.1. The molecular formula is C18H15Cl2N3O2S. The minimum absolute atomic E-state index is 0.118. The van der Waals surface area contributed by atoms with Gasteiger partial charge in [0.2, 0.25) is 5.91 Å². The highest BCUT2D eigenvalue weighted by Gasteiger charge is 2.30. The normalized spacial score (nSPS) is 18.5. The maximum absolute atomic E-state index is 12.1. The quantitative estimate of drug-likeness (QED) is 0.597. The predicted octanol–water partition coefficient (Wildman–Crippen LogP) is 4.17. The van der Waals surface area contributed by atoms with Crippen molar-refractivity contribution >= 4 is 52.3 Å². The van der Waals surface area contributed by atoms with E-state index in [2.05, 4.69) is 15.5 Å². The lowest BCUT2D eigenvalue weighted by atomic mass is 10.1. The second kappa shape index (κ2) is 8.58. The number of methoxy groups -OCH3 is 1. The molecule has 8 heteroatoms. The molecule has 0 saturated carbocycles. The number of carbonyl (C=O) groups is 1. The molecule has 1 atom stereocenters. The van der Waals surface area contributed by atoms with Crippen LogP contribution in [-0.4, -0.2) is 29.6 Å². The first-order valence-electron chi connectivity index (χ1n) is 7.72.